The minimum atomic E-state index is 0.703. The van der Waals surface area contributed by atoms with Gasteiger partial charge in [0, 0.05) is 36.2 Å². The second-order valence-corrected chi connectivity index (χ2v) is 6.28. The van der Waals surface area contributed by atoms with E-state index in [2.05, 4.69) is 27.8 Å². The van der Waals surface area contributed by atoms with Crippen molar-refractivity contribution in [1.82, 2.24) is 14.0 Å². The average Bonchev–Trinajstić information content (AvgIpc) is 3.24. The Morgan fingerprint density at radius 1 is 1.04 bits per heavy atom. The van der Waals surface area contributed by atoms with Crippen LogP contribution in [0.25, 0.3) is 11.2 Å². The van der Waals surface area contributed by atoms with Gasteiger partial charge in [-0.05, 0) is 29.8 Å². The molecule has 3 aromatic heterocycles. The Labute approximate surface area is 144 Å². The number of rotatable bonds is 4. The molecule has 0 atom stereocenters. The van der Waals surface area contributed by atoms with Crippen molar-refractivity contribution >= 4 is 17.3 Å². The summed E-state index contributed by atoms with van der Waals surface area (Å²) in [5.41, 5.74) is 3.79. The molecule has 0 radical (unpaired) electrons. The second kappa shape index (κ2) is 6.26. The van der Waals surface area contributed by atoms with Gasteiger partial charge in [0.2, 0.25) is 0 Å². The fourth-order valence-electron chi connectivity index (χ4n) is 2.74. The summed E-state index contributed by atoms with van der Waals surface area (Å²) in [4.78, 5) is 4.45. The van der Waals surface area contributed by atoms with Gasteiger partial charge >= 0.3 is 0 Å². The highest BCUT2D eigenvalue weighted by molar-refractivity contribution is 7.98. The van der Waals surface area contributed by atoms with Crippen LogP contribution in [0.2, 0.25) is 0 Å². The SMILES string of the molecule is N#Cc1c(CSc2nccn2-c2ccccc2)cn2ccccc12. The molecule has 0 aliphatic carbocycles. The van der Waals surface area contributed by atoms with Gasteiger partial charge in [0.15, 0.2) is 5.16 Å². The maximum atomic E-state index is 9.50. The fourth-order valence-corrected chi connectivity index (χ4v) is 3.68. The van der Waals surface area contributed by atoms with E-state index in [1.165, 1.54) is 0 Å². The summed E-state index contributed by atoms with van der Waals surface area (Å²) in [5, 5.41) is 10.4. The third-order valence-corrected chi connectivity index (χ3v) is 4.89. The van der Waals surface area contributed by atoms with Crippen LogP contribution in [0.3, 0.4) is 0 Å². The first-order chi connectivity index (χ1) is 11.9. The van der Waals surface area contributed by atoms with E-state index in [1.54, 1.807) is 18.0 Å². The van der Waals surface area contributed by atoms with Crippen LogP contribution in [0.15, 0.2) is 78.5 Å². The van der Waals surface area contributed by atoms with Crippen molar-refractivity contribution in [3.63, 3.8) is 0 Å². The summed E-state index contributed by atoms with van der Waals surface area (Å²) in [5.74, 6) is 0.703. The van der Waals surface area contributed by atoms with Gasteiger partial charge in [-0.1, -0.05) is 36.0 Å². The lowest BCUT2D eigenvalue weighted by atomic mass is 10.2. The summed E-state index contributed by atoms with van der Waals surface area (Å²) >= 11 is 1.63. The van der Waals surface area contributed by atoms with Gasteiger partial charge in [0.25, 0.3) is 0 Å². The summed E-state index contributed by atoms with van der Waals surface area (Å²) in [6.45, 7) is 0. The van der Waals surface area contributed by atoms with Crippen molar-refractivity contribution < 1.29 is 0 Å². The van der Waals surface area contributed by atoms with E-state index in [0.29, 0.717) is 5.75 Å². The molecule has 116 valence electrons. The lowest BCUT2D eigenvalue weighted by molar-refractivity contribution is 0.895. The maximum Gasteiger partial charge on any atom is 0.172 e. The van der Waals surface area contributed by atoms with E-state index >= 15 is 0 Å². The van der Waals surface area contributed by atoms with E-state index in [0.717, 1.165) is 27.5 Å². The Balaban J connectivity index is 1.63. The Morgan fingerprint density at radius 2 is 1.88 bits per heavy atom. The molecule has 0 saturated carbocycles. The first kappa shape index (κ1) is 14.6. The number of thioether (sulfide) groups is 1. The van der Waals surface area contributed by atoms with Gasteiger partial charge in [-0.25, -0.2) is 4.98 Å². The highest BCUT2D eigenvalue weighted by Crippen LogP contribution is 2.27. The topological polar surface area (TPSA) is 46.0 Å². The Morgan fingerprint density at radius 3 is 2.71 bits per heavy atom. The quantitative estimate of drug-likeness (QED) is 0.524. The molecule has 0 amide bonds. The summed E-state index contributed by atoms with van der Waals surface area (Å²) < 4.78 is 4.06. The number of benzene rings is 1. The van der Waals surface area contributed by atoms with Gasteiger partial charge in [0.1, 0.15) is 6.07 Å². The highest BCUT2D eigenvalue weighted by Gasteiger charge is 2.12. The average molecular weight is 330 g/mol. The van der Waals surface area contributed by atoms with E-state index in [1.807, 2.05) is 59.4 Å². The number of aromatic nitrogens is 3. The molecular formula is C19H14N4S. The van der Waals surface area contributed by atoms with Crippen molar-refractivity contribution in [1.29, 1.82) is 5.26 Å². The van der Waals surface area contributed by atoms with Crippen LogP contribution in [0.4, 0.5) is 0 Å². The molecule has 0 spiro atoms. The number of hydrogen-bond acceptors (Lipinski definition) is 3. The number of pyridine rings is 1. The van der Waals surface area contributed by atoms with Gasteiger partial charge in [-0.15, -0.1) is 0 Å². The van der Waals surface area contributed by atoms with Gasteiger partial charge in [-0.3, -0.25) is 4.57 Å². The number of nitriles is 1. The van der Waals surface area contributed by atoms with Crippen molar-refractivity contribution in [3.05, 3.63) is 84.4 Å². The molecular weight excluding hydrogens is 316 g/mol. The third kappa shape index (κ3) is 2.57. The van der Waals surface area contributed by atoms with E-state index in [9.17, 15) is 5.26 Å². The minimum Gasteiger partial charge on any atom is -0.322 e. The molecule has 1 aromatic carbocycles. The zero-order chi connectivity index (χ0) is 16.4. The lowest BCUT2D eigenvalue weighted by Crippen LogP contribution is -1.95. The maximum absolute atomic E-state index is 9.50. The Bertz CT molecular complexity index is 1020. The Kier molecular flexibility index (Phi) is 3.81. The number of imidazole rings is 1. The molecule has 0 aliphatic rings. The third-order valence-electron chi connectivity index (χ3n) is 3.87. The number of nitrogens with zero attached hydrogens (tertiary/aromatic N) is 4. The fraction of sp³-hybridized carbons (Fsp3) is 0.0526. The number of fused-ring (bicyclic) bond motifs is 1. The molecule has 0 aliphatic heterocycles. The molecule has 0 unspecified atom stereocenters. The van der Waals surface area contributed by atoms with Crippen molar-refractivity contribution in [2.45, 2.75) is 10.9 Å². The first-order valence-electron chi connectivity index (χ1n) is 7.57. The summed E-state index contributed by atoms with van der Waals surface area (Å²) in [6, 6.07) is 18.4. The zero-order valence-electron chi connectivity index (χ0n) is 12.8. The van der Waals surface area contributed by atoms with Crippen LogP contribution in [-0.2, 0) is 5.75 Å². The van der Waals surface area contributed by atoms with Crippen LogP contribution in [0.1, 0.15) is 11.1 Å². The van der Waals surface area contributed by atoms with Crippen LogP contribution in [0, 0.1) is 11.3 Å². The predicted octanol–water partition coefficient (Wildman–Crippen LogP) is 4.29. The molecule has 24 heavy (non-hydrogen) atoms. The summed E-state index contributed by atoms with van der Waals surface area (Å²) in [6.07, 6.45) is 7.75. The molecule has 0 bridgehead atoms. The highest BCUT2D eigenvalue weighted by atomic mass is 32.2. The van der Waals surface area contributed by atoms with E-state index in [4.69, 9.17) is 0 Å². The van der Waals surface area contributed by atoms with Crippen LogP contribution >= 0.6 is 11.8 Å². The zero-order valence-corrected chi connectivity index (χ0v) is 13.6. The molecule has 0 N–H and O–H groups in total. The Hall–Kier alpha value is -2.97. The van der Waals surface area contributed by atoms with E-state index < -0.39 is 0 Å². The largest absolute Gasteiger partial charge is 0.322 e. The second-order valence-electron chi connectivity index (χ2n) is 5.34. The molecule has 3 heterocycles. The molecule has 5 heteroatoms. The predicted molar refractivity (Wildman–Crippen MR) is 95.2 cm³/mol. The molecule has 4 rings (SSSR count). The number of hydrogen-bond donors (Lipinski definition) is 0. The van der Waals surface area contributed by atoms with Gasteiger partial charge in [0.05, 0.1) is 11.1 Å². The molecule has 0 fully saturated rings. The van der Waals surface area contributed by atoms with E-state index in [-0.39, 0.29) is 0 Å². The van der Waals surface area contributed by atoms with Crippen molar-refractivity contribution in [2.75, 3.05) is 0 Å². The minimum absolute atomic E-state index is 0.703. The molecule has 4 nitrogen and oxygen atoms in total. The smallest absolute Gasteiger partial charge is 0.172 e. The first-order valence-corrected chi connectivity index (χ1v) is 8.55. The van der Waals surface area contributed by atoms with Gasteiger partial charge < -0.3 is 4.40 Å². The van der Waals surface area contributed by atoms with Crippen molar-refractivity contribution in [3.8, 4) is 11.8 Å². The molecule has 4 aromatic rings. The van der Waals surface area contributed by atoms with Crippen LogP contribution in [0.5, 0.6) is 0 Å². The molecule has 0 saturated heterocycles. The normalized spacial score (nSPS) is 10.8. The lowest BCUT2D eigenvalue weighted by Gasteiger charge is -2.06. The van der Waals surface area contributed by atoms with Gasteiger partial charge in [-0.2, -0.15) is 5.26 Å². The standard InChI is InChI=1S/C19H14N4S/c20-12-17-15(13-22-10-5-4-8-18(17)22)14-24-19-21-9-11-23(19)16-6-2-1-3-7-16/h1-11,13H,14H2. The van der Waals surface area contributed by atoms with Crippen LogP contribution < -0.4 is 0 Å². The van der Waals surface area contributed by atoms with Crippen LogP contribution in [-0.4, -0.2) is 14.0 Å². The monoisotopic (exact) mass is 330 g/mol. The number of para-hydroxylation sites is 1. The summed E-state index contributed by atoms with van der Waals surface area (Å²) in [7, 11) is 0. The van der Waals surface area contributed by atoms with Crippen molar-refractivity contribution in [2.24, 2.45) is 0 Å².